The van der Waals surface area contributed by atoms with E-state index in [1.165, 1.54) is 14.2 Å². The van der Waals surface area contributed by atoms with E-state index >= 15 is 0 Å². The van der Waals surface area contributed by atoms with Crippen LogP contribution < -0.4 is 20.1 Å². The standard InChI is InChI=1S/C22H29N3O4/c1-5-25(6-2)15-14-20(26)23-16-10-12-17(13-11-16)24-22(27)21-18(28-3)8-7-9-19(21)29-4/h7-13H,5-6,14-15H2,1-4H3,(H,23,26)(H,24,27). The van der Waals surface area contributed by atoms with E-state index in [-0.39, 0.29) is 11.8 Å². The van der Waals surface area contributed by atoms with Crippen LogP contribution in [0.5, 0.6) is 11.5 Å². The second-order valence-corrected chi connectivity index (χ2v) is 6.39. The number of nitrogens with zero attached hydrogens (tertiary/aromatic N) is 1. The van der Waals surface area contributed by atoms with Gasteiger partial charge in [0.1, 0.15) is 17.1 Å². The van der Waals surface area contributed by atoms with Crippen LogP contribution in [0.1, 0.15) is 30.6 Å². The number of carbonyl (C=O) groups is 2. The molecule has 0 spiro atoms. The van der Waals surface area contributed by atoms with E-state index in [0.717, 1.165) is 19.6 Å². The zero-order chi connectivity index (χ0) is 21.2. The molecule has 2 rings (SSSR count). The highest BCUT2D eigenvalue weighted by molar-refractivity contribution is 6.08. The van der Waals surface area contributed by atoms with Gasteiger partial charge in [0.15, 0.2) is 0 Å². The number of amides is 2. The highest BCUT2D eigenvalue weighted by Crippen LogP contribution is 2.29. The van der Waals surface area contributed by atoms with Gasteiger partial charge in [0.2, 0.25) is 5.91 Å². The van der Waals surface area contributed by atoms with Gasteiger partial charge in [-0.1, -0.05) is 19.9 Å². The Balaban J connectivity index is 1.99. The zero-order valence-corrected chi connectivity index (χ0v) is 17.5. The molecule has 0 aliphatic carbocycles. The Morgan fingerprint density at radius 1 is 0.862 bits per heavy atom. The van der Waals surface area contributed by atoms with Crippen molar-refractivity contribution in [2.75, 3.05) is 44.5 Å². The third-order valence-corrected chi connectivity index (χ3v) is 4.63. The lowest BCUT2D eigenvalue weighted by atomic mass is 10.1. The van der Waals surface area contributed by atoms with Crippen molar-refractivity contribution in [2.24, 2.45) is 0 Å². The molecular weight excluding hydrogens is 370 g/mol. The van der Waals surface area contributed by atoms with Crippen molar-refractivity contribution in [2.45, 2.75) is 20.3 Å². The normalized spacial score (nSPS) is 10.5. The van der Waals surface area contributed by atoms with Gasteiger partial charge < -0.3 is 25.0 Å². The van der Waals surface area contributed by atoms with Crippen molar-refractivity contribution in [1.29, 1.82) is 0 Å². The topological polar surface area (TPSA) is 79.9 Å². The maximum Gasteiger partial charge on any atom is 0.263 e. The first-order chi connectivity index (χ1) is 14.0. The molecular formula is C22H29N3O4. The molecule has 29 heavy (non-hydrogen) atoms. The summed E-state index contributed by atoms with van der Waals surface area (Å²) in [5, 5.41) is 5.70. The number of hydrogen-bond acceptors (Lipinski definition) is 5. The van der Waals surface area contributed by atoms with E-state index in [2.05, 4.69) is 29.4 Å². The van der Waals surface area contributed by atoms with Gasteiger partial charge in [-0.05, 0) is 49.5 Å². The number of rotatable bonds is 10. The lowest BCUT2D eigenvalue weighted by molar-refractivity contribution is -0.116. The van der Waals surface area contributed by atoms with Crippen molar-refractivity contribution in [1.82, 2.24) is 4.90 Å². The number of carbonyl (C=O) groups excluding carboxylic acids is 2. The van der Waals surface area contributed by atoms with Crippen molar-refractivity contribution < 1.29 is 19.1 Å². The number of nitrogens with one attached hydrogen (secondary N) is 2. The molecule has 7 heteroatoms. The van der Waals surface area contributed by atoms with E-state index in [0.29, 0.717) is 34.9 Å². The smallest absolute Gasteiger partial charge is 0.263 e. The summed E-state index contributed by atoms with van der Waals surface area (Å²) in [6, 6.07) is 12.1. The molecule has 0 heterocycles. The minimum Gasteiger partial charge on any atom is -0.496 e. The predicted octanol–water partition coefficient (Wildman–Crippen LogP) is 3.63. The van der Waals surface area contributed by atoms with Crippen LogP contribution in [0.4, 0.5) is 11.4 Å². The summed E-state index contributed by atoms with van der Waals surface area (Å²) in [6.07, 6.45) is 0.438. The molecule has 156 valence electrons. The molecule has 0 unspecified atom stereocenters. The predicted molar refractivity (Wildman–Crippen MR) is 115 cm³/mol. The molecule has 0 aliphatic rings. The minimum atomic E-state index is -0.338. The molecule has 0 fully saturated rings. The quantitative estimate of drug-likeness (QED) is 0.638. The number of methoxy groups -OCH3 is 2. The van der Waals surface area contributed by atoms with Gasteiger partial charge in [0, 0.05) is 24.3 Å². The number of benzene rings is 2. The monoisotopic (exact) mass is 399 g/mol. The Morgan fingerprint density at radius 2 is 1.38 bits per heavy atom. The Hall–Kier alpha value is -3.06. The molecule has 0 saturated carbocycles. The molecule has 0 aliphatic heterocycles. The van der Waals surface area contributed by atoms with Crippen LogP contribution in [0.3, 0.4) is 0 Å². The number of anilines is 2. The average molecular weight is 399 g/mol. The lowest BCUT2D eigenvalue weighted by Gasteiger charge is -2.17. The van der Waals surface area contributed by atoms with E-state index in [1.807, 2.05) is 0 Å². The minimum absolute atomic E-state index is 0.0348. The summed E-state index contributed by atoms with van der Waals surface area (Å²) in [4.78, 5) is 27.0. The molecule has 0 atom stereocenters. The maximum absolute atomic E-state index is 12.7. The lowest BCUT2D eigenvalue weighted by Crippen LogP contribution is -2.27. The molecule has 0 radical (unpaired) electrons. The van der Waals surface area contributed by atoms with Crippen molar-refractivity contribution >= 4 is 23.2 Å². The van der Waals surface area contributed by atoms with E-state index in [9.17, 15) is 9.59 Å². The molecule has 2 N–H and O–H groups in total. The van der Waals surface area contributed by atoms with Crippen LogP contribution in [0.25, 0.3) is 0 Å². The summed E-state index contributed by atoms with van der Waals surface area (Å²) < 4.78 is 10.5. The van der Waals surface area contributed by atoms with Gasteiger partial charge in [0.25, 0.3) is 5.91 Å². The van der Waals surface area contributed by atoms with Gasteiger partial charge in [-0.2, -0.15) is 0 Å². The van der Waals surface area contributed by atoms with Crippen molar-refractivity contribution in [3.8, 4) is 11.5 Å². The van der Waals surface area contributed by atoms with Crippen LogP contribution in [-0.2, 0) is 4.79 Å². The van der Waals surface area contributed by atoms with Gasteiger partial charge in [-0.25, -0.2) is 0 Å². The molecule has 0 bridgehead atoms. The largest absolute Gasteiger partial charge is 0.496 e. The highest BCUT2D eigenvalue weighted by atomic mass is 16.5. The second-order valence-electron chi connectivity index (χ2n) is 6.39. The highest BCUT2D eigenvalue weighted by Gasteiger charge is 2.18. The fraction of sp³-hybridized carbons (Fsp3) is 0.364. The van der Waals surface area contributed by atoms with Crippen molar-refractivity contribution in [3.63, 3.8) is 0 Å². The first-order valence-electron chi connectivity index (χ1n) is 9.66. The molecule has 2 aromatic rings. The molecule has 0 aromatic heterocycles. The fourth-order valence-electron chi connectivity index (χ4n) is 2.93. The first kappa shape index (κ1) is 22.2. The maximum atomic E-state index is 12.7. The third-order valence-electron chi connectivity index (χ3n) is 4.63. The van der Waals surface area contributed by atoms with Crippen LogP contribution >= 0.6 is 0 Å². The van der Waals surface area contributed by atoms with Crippen LogP contribution in [-0.4, -0.2) is 50.6 Å². The molecule has 0 saturated heterocycles. The van der Waals surface area contributed by atoms with E-state index < -0.39 is 0 Å². The summed E-state index contributed by atoms with van der Waals surface area (Å²) in [5.74, 6) is 0.487. The Bertz CT molecular complexity index is 795. The average Bonchev–Trinajstić information content (AvgIpc) is 2.75. The van der Waals surface area contributed by atoms with E-state index in [4.69, 9.17) is 9.47 Å². The molecule has 2 amide bonds. The fourth-order valence-corrected chi connectivity index (χ4v) is 2.93. The van der Waals surface area contributed by atoms with Gasteiger partial charge in [-0.3, -0.25) is 9.59 Å². The SMILES string of the molecule is CCN(CC)CCC(=O)Nc1ccc(NC(=O)c2c(OC)cccc2OC)cc1. The van der Waals surface area contributed by atoms with Crippen LogP contribution in [0, 0.1) is 0 Å². The number of ether oxygens (including phenoxy) is 2. The molecule has 2 aromatic carbocycles. The Labute approximate surface area is 172 Å². The summed E-state index contributed by atoms with van der Waals surface area (Å²) in [6.45, 7) is 6.74. The summed E-state index contributed by atoms with van der Waals surface area (Å²) in [5.41, 5.74) is 1.61. The van der Waals surface area contributed by atoms with Gasteiger partial charge in [-0.15, -0.1) is 0 Å². The summed E-state index contributed by atoms with van der Waals surface area (Å²) in [7, 11) is 3.01. The number of hydrogen-bond donors (Lipinski definition) is 2. The van der Waals surface area contributed by atoms with Crippen LogP contribution in [0.15, 0.2) is 42.5 Å². The zero-order valence-electron chi connectivity index (χ0n) is 17.5. The second kappa shape index (κ2) is 11.1. The third kappa shape index (κ3) is 6.22. The van der Waals surface area contributed by atoms with Crippen molar-refractivity contribution in [3.05, 3.63) is 48.0 Å². The van der Waals surface area contributed by atoms with Gasteiger partial charge >= 0.3 is 0 Å². The molecule has 7 nitrogen and oxygen atoms in total. The van der Waals surface area contributed by atoms with E-state index in [1.54, 1.807) is 42.5 Å². The Kier molecular flexibility index (Phi) is 8.48. The Morgan fingerprint density at radius 3 is 1.86 bits per heavy atom. The first-order valence-corrected chi connectivity index (χ1v) is 9.66. The van der Waals surface area contributed by atoms with Gasteiger partial charge in [0.05, 0.1) is 14.2 Å². The summed E-state index contributed by atoms with van der Waals surface area (Å²) >= 11 is 0. The van der Waals surface area contributed by atoms with Crippen LogP contribution in [0.2, 0.25) is 0 Å².